The molecule has 8 rings (SSSR count). The summed E-state index contributed by atoms with van der Waals surface area (Å²) >= 11 is 0. The predicted molar refractivity (Wildman–Crippen MR) is 169 cm³/mol. The number of aromatic carboxylic acids is 1. The normalized spacial score (nSPS) is 13.3. The predicted octanol–water partition coefficient (Wildman–Crippen LogP) is 7.98. The Morgan fingerprint density at radius 1 is 0.651 bits per heavy atom. The lowest BCUT2D eigenvalue weighted by Crippen LogP contribution is -2.39. The lowest BCUT2D eigenvalue weighted by molar-refractivity contribution is 0.0596. The largest absolute Gasteiger partial charge is 0.478 e. The molecule has 0 saturated heterocycles. The summed E-state index contributed by atoms with van der Waals surface area (Å²) in [7, 11) is 0. The van der Waals surface area contributed by atoms with Crippen LogP contribution >= 0.6 is 0 Å². The van der Waals surface area contributed by atoms with Crippen LogP contribution in [0.4, 0.5) is 5.69 Å². The molecule has 0 aromatic heterocycles. The van der Waals surface area contributed by atoms with E-state index in [1.807, 2.05) is 48.5 Å². The fourth-order valence-corrected chi connectivity index (χ4v) is 6.35. The molecule has 6 nitrogen and oxygen atoms in total. The second-order valence-electron chi connectivity index (χ2n) is 10.8. The molecule has 1 aliphatic rings. The lowest BCUT2D eigenvalue weighted by Gasteiger charge is -2.28. The van der Waals surface area contributed by atoms with Gasteiger partial charge in [-0.15, -0.1) is 0 Å². The molecule has 0 radical (unpaired) electrons. The van der Waals surface area contributed by atoms with Crippen molar-refractivity contribution in [2.24, 2.45) is 4.99 Å². The molecule has 7 aromatic carbocycles. The Morgan fingerprint density at radius 3 is 1.81 bits per heavy atom. The van der Waals surface area contributed by atoms with Crippen LogP contribution in [0.15, 0.2) is 114 Å². The molecule has 0 bridgehead atoms. The quantitative estimate of drug-likeness (QED) is 0.100. The van der Waals surface area contributed by atoms with Crippen molar-refractivity contribution in [3.63, 3.8) is 0 Å². The van der Waals surface area contributed by atoms with Crippen LogP contribution in [-0.4, -0.2) is 34.0 Å². The molecular formula is C37H22N2O4. The number of rotatable bonds is 5. The van der Waals surface area contributed by atoms with Crippen LogP contribution in [0.3, 0.4) is 0 Å². The summed E-state index contributed by atoms with van der Waals surface area (Å²) in [6.45, 7) is 0.151. The van der Waals surface area contributed by atoms with Crippen molar-refractivity contribution < 1.29 is 19.5 Å². The number of carbonyl (C=O) groups excluding carboxylic acids is 2. The number of amides is 2. The third kappa shape index (κ3) is 3.81. The van der Waals surface area contributed by atoms with Gasteiger partial charge in [-0.1, -0.05) is 72.8 Å². The highest BCUT2D eigenvalue weighted by atomic mass is 16.4. The zero-order valence-corrected chi connectivity index (χ0v) is 22.7. The molecule has 7 aromatic rings. The number of carbonyl (C=O) groups is 3. The van der Waals surface area contributed by atoms with Crippen LogP contribution < -0.4 is 0 Å². The van der Waals surface area contributed by atoms with Crippen molar-refractivity contribution in [3.8, 4) is 0 Å². The molecule has 2 amide bonds. The molecule has 1 heterocycles. The van der Waals surface area contributed by atoms with Crippen molar-refractivity contribution in [3.05, 3.63) is 137 Å². The summed E-state index contributed by atoms with van der Waals surface area (Å²) < 4.78 is 0. The number of imide groups is 1. The lowest BCUT2D eigenvalue weighted by atomic mass is 9.85. The number of hydrogen-bond donors (Lipinski definition) is 1. The van der Waals surface area contributed by atoms with Gasteiger partial charge in [-0.2, -0.15) is 0 Å². The minimum Gasteiger partial charge on any atom is -0.478 e. The first-order chi connectivity index (χ1) is 21.0. The average Bonchev–Trinajstić information content (AvgIpc) is 3.04. The van der Waals surface area contributed by atoms with Crippen molar-refractivity contribution in [2.75, 3.05) is 0 Å². The van der Waals surface area contributed by atoms with Crippen molar-refractivity contribution in [1.82, 2.24) is 4.90 Å². The Hall–Kier alpha value is -5.88. The Balaban J connectivity index is 1.13. The average molecular weight is 559 g/mol. The first-order valence-electron chi connectivity index (χ1n) is 13.9. The second kappa shape index (κ2) is 9.33. The summed E-state index contributed by atoms with van der Waals surface area (Å²) in [5, 5.41) is 17.4. The van der Waals surface area contributed by atoms with Gasteiger partial charge in [-0.3, -0.25) is 19.5 Å². The van der Waals surface area contributed by atoms with E-state index in [1.165, 1.54) is 27.8 Å². The Kier molecular flexibility index (Phi) is 5.40. The molecule has 43 heavy (non-hydrogen) atoms. The first-order valence-corrected chi connectivity index (χ1v) is 13.9. The van der Waals surface area contributed by atoms with E-state index in [1.54, 1.807) is 18.3 Å². The maximum Gasteiger partial charge on any atom is 0.335 e. The Bertz CT molecular complexity index is 2220. The molecule has 0 aliphatic carbocycles. The monoisotopic (exact) mass is 558 g/mol. The van der Waals surface area contributed by atoms with Crippen LogP contribution in [0.25, 0.3) is 43.1 Å². The third-order valence-electron chi connectivity index (χ3n) is 8.39. The van der Waals surface area contributed by atoms with Gasteiger partial charge in [-0.25, -0.2) is 4.79 Å². The molecule has 0 spiro atoms. The minimum atomic E-state index is -0.982. The van der Waals surface area contributed by atoms with E-state index < -0.39 is 5.97 Å². The Morgan fingerprint density at radius 2 is 1.23 bits per heavy atom. The van der Waals surface area contributed by atoms with Gasteiger partial charge >= 0.3 is 5.97 Å². The van der Waals surface area contributed by atoms with Crippen molar-refractivity contribution in [1.29, 1.82) is 0 Å². The number of fused-ring (bicyclic) bond motifs is 2. The number of carboxylic acids is 1. The summed E-state index contributed by atoms with van der Waals surface area (Å²) in [4.78, 5) is 44.4. The molecule has 1 aliphatic heterocycles. The smallest absolute Gasteiger partial charge is 0.335 e. The van der Waals surface area contributed by atoms with Crippen LogP contribution in [-0.2, 0) is 6.54 Å². The van der Waals surface area contributed by atoms with Crippen LogP contribution in [0.2, 0.25) is 0 Å². The summed E-state index contributed by atoms with van der Waals surface area (Å²) in [5.41, 5.74) is 3.58. The zero-order chi connectivity index (χ0) is 29.2. The van der Waals surface area contributed by atoms with Gasteiger partial charge in [0.15, 0.2) is 0 Å². The molecule has 0 fully saturated rings. The Labute approximate surface area is 245 Å². The zero-order valence-electron chi connectivity index (χ0n) is 22.7. The molecule has 6 heteroatoms. The highest BCUT2D eigenvalue weighted by Crippen LogP contribution is 2.43. The van der Waals surface area contributed by atoms with Crippen molar-refractivity contribution in [2.45, 2.75) is 6.54 Å². The van der Waals surface area contributed by atoms with Gasteiger partial charge in [0.25, 0.3) is 11.8 Å². The van der Waals surface area contributed by atoms with Crippen molar-refractivity contribution >= 4 is 72.8 Å². The highest BCUT2D eigenvalue weighted by molar-refractivity contribution is 6.38. The topological polar surface area (TPSA) is 87.0 Å². The molecule has 0 atom stereocenters. The van der Waals surface area contributed by atoms with E-state index in [9.17, 15) is 14.4 Å². The van der Waals surface area contributed by atoms with Crippen LogP contribution in [0, 0.1) is 0 Å². The van der Waals surface area contributed by atoms with E-state index in [2.05, 4.69) is 41.4 Å². The van der Waals surface area contributed by atoms with E-state index in [4.69, 9.17) is 5.11 Å². The number of aliphatic imine (C=N–C) groups is 1. The van der Waals surface area contributed by atoms with Crippen LogP contribution in [0.5, 0.6) is 0 Å². The standard InChI is InChI=1S/C37H22N2O4/c40-35-30-17-15-28-26-5-1-3-23-4-2-6-27(32(23)26)29-16-18-31(34(30)33(28)29)36(41)39(35)20-22-9-7-21(8-10-22)19-38-25-13-11-24(12-14-25)37(42)43/h1-19H,20H2,(H,42,43). The minimum absolute atomic E-state index is 0.151. The van der Waals surface area contributed by atoms with Gasteiger partial charge in [0.1, 0.15) is 0 Å². The summed E-state index contributed by atoms with van der Waals surface area (Å²) in [6, 6.07) is 34.1. The summed E-state index contributed by atoms with van der Waals surface area (Å²) in [6.07, 6.45) is 1.69. The highest BCUT2D eigenvalue weighted by Gasteiger charge is 2.34. The SMILES string of the molecule is O=C(O)c1ccc(N=Cc2ccc(CN3C(=O)c4ccc5c6cccc7cccc(c8ccc(c4c58)C3=O)c76)cc2)cc1. The number of benzene rings is 7. The maximum absolute atomic E-state index is 13.8. The number of hydrogen-bond acceptors (Lipinski definition) is 4. The maximum atomic E-state index is 13.8. The van der Waals surface area contributed by atoms with E-state index in [0.717, 1.165) is 43.4 Å². The second-order valence-corrected chi connectivity index (χ2v) is 10.8. The molecule has 0 saturated carbocycles. The van der Waals surface area contributed by atoms with Crippen LogP contribution in [0.1, 0.15) is 42.2 Å². The van der Waals surface area contributed by atoms with E-state index in [-0.39, 0.29) is 23.9 Å². The molecule has 0 unspecified atom stereocenters. The van der Waals surface area contributed by atoms with Gasteiger partial charge in [0.2, 0.25) is 0 Å². The molecular weight excluding hydrogens is 536 g/mol. The van der Waals surface area contributed by atoms with Gasteiger partial charge in [0.05, 0.1) is 17.8 Å². The summed E-state index contributed by atoms with van der Waals surface area (Å²) in [5.74, 6) is -1.58. The van der Waals surface area contributed by atoms with Gasteiger partial charge in [-0.05, 0) is 85.2 Å². The molecule has 1 N–H and O–H groups in total. The third-order valence-corrected chi connectivity index (χ3v) is 8.39. The fourth-order valence-electron chi connectivity index (χ4n) is 6.35. The number of nitrogens with zero attached hydrogens (tertiary/aromatic N) is 2. The molecule has 204 valence electrons. The first kappa shape index (κ1) is 24.9. The van der Waals surface area contributed by atoms with Gasteiger partial charge < -0.3 is 5.11 Å². The number of carboxylic acid groups (broad SMARTS) is 1. The van der Waals surface area contributed by atoms with E-state index in [0.29, 0.717) is 16.8 Å². The van der Waals surface area contributed by atoms with E-state index >= 15 is 0 Å². The fraction of sp³-hybridized carbons (Fsp3) is 0.0270. The van der Waals surface area contributed by atoms with Gasteiger partial charge in [0, 0.05) is 22.7 Å².